The summed E-state index contributed by atoms with van der Waals surface area (Å²) >= 11 is 0. The van der Waals surface area contributed by atoms with Gasteiger partial charge in [-0.25, -0.2) is 4.79 Å². The van der Waals surface area contributed by atoms with Gasteiger partial charge in [-0.05, 0) is 69.4 Å². The standard InChI is InChI=1S/C27H37N5O3/c1-17-8-7-9-19(14-17)20-10-11-22(25(33)29-15-24(18(2)28)31-35-6)23-16-32(13-12-21(20)23)26(34)30-27(3,4)5/h7-11,14,18H,12-13,15-16,28H2,1-6H3,(H,29,33)(H,30,34)/b31-24-. The zero-order valence-electron chi connectivity index (χ0n) is 21.6. The lowest BCUT2D eigenvalue weighted by Gasteiger charge is -2.34. The second-order valence-electron chi connectivity index (χ2n) is 10.1. The zero-order valence-corrected chi connectivity index (χ0v) is 21.6. The predicted octanol–water partition coefficient (Wildman–Crippen LogP) is 3.61. The van der Waals surface area contributed by atoms with Crippen LogP contribution in [0.15, 0.2) is 41.6 Å². The third-order valence-electron chi connectivity index (χ3n) is 5.92. The first-order valence-electron chi connectivity index (χ1n) is 11.9. The van der Waals surface area contributed by atoms with Gasteiger partial charge in [0.05, 0.1) is 12.3 Å². The Labute approximate surface area is 207 Å². The molecule has 0 saturated carbocycles. The van der Waals surface area contributed by atoms with Crippen molar-refractivity contribution in [2.24, 2.45) is 10.9 Å². The average molecular weight is 480 g/mol. The number of nitrogens with one attached hydrogen (secondary N) is 2. The van der Waals surface area contributed by atoms with Crippen LogP contribution in [0.2, 0.25) is 0 Å². The molecule has 1 unspecified atom stereocenters. The van der Waals surface area contributed by atoms with Crippen molar-refractivity contribution in [3.8, 4) is 11.1 Å². The summed E-state index contributed by atoms with van der Waals surface area (Å²) in [4.78, 5) is 32.8. The number of rotatable bonds is 6. The van der Waals surface area contributed by atoms with E-state index in [1.54, 1.807) is 11.8 Å². The van der Waals surface area contributed by atoms with Crippen molar-refractivity contribution in [3.05, 3.63) is 58.7 Å². The molecule has 1 aliphatic heterocycles. The average Bonchev–Trinajstić information content (AvgIpc) is 2.79. The fourth-order valence-corrected chi connectivity index (χ4v) is 4.20. The van der Waals surface area contributed by atoms with E-state index in [0.29, 0.717) is 30.8 Å². The maximum atomic E-state index is 13.3. The topological polar surface area (TPSA) is 109 Å². The van der Waals surface area contributed by atoms with Gasteiger partial charge in [-0.1, -0.05) is 41.1 Å². The van der Waals surface area contributed by atoms with E-state index in [4.69, 9.17) is 10.6 Å². The van der Waals surface area contributed by atoms with Crippen molar-refractivity contribution < 1.29 is 14.4 Å². The molecule has 4 N–H and O–H groups in total. The Hall–Kier alpha value is -3.39. The lowest BCUT2D eigenvalue weighted by atomic mass is 9.87. The summed E-state index contributed by atoms with van der Waals surface area (Å²) in [5, 5.41) is 9.87. The van der Waals surface area contributed by atoms with Crippen LogP contribution >= 0.6 is 0 Å². The first-order chi connectivity index (χ1) is 16.5. The summed E-state index contributed by atoms with van der Waals surface area (Å²) in [5.41, 5.74) is 12.0. The number of amides is 3. The van der Waals surface area contributed by atoms with Gasteiger partial charge in [0.15, 0.2) is 0 Å². The molecule has 0 aromatic heterocycles. The number of aryl methyl sites for hydroxylation is 1. The van der Waals surface area contributed by atoms with Crippen LogP contribution in [-0.4, -0.2) is 54.3 Å². The number of carbonyl (C=O) groups is 2. The highest BCUT2D eigenvalue weighted by molar-refractivity contribution is 6.00. The molecular weight excluding hydrogens is 442 g/mol. The summed E-state index contributed by atoms with van der Waals surface area (Å²) < 4.78 is 0. The molecule has 0 aliphatic carbocycles. The van der Waals surface area contributed by atoms with Gasteiger partial charge < -0.3 is 26.1 Å². The van der Waals surface area contributed by atoms with Gasteiger partial charge >= 0.3 is 6.03 Å². The Morgan fingerprint density at radius 1 is 1.20 bits per heavy atom. The molecule has 3 amide bonds. The molecule has 0 radical (unpaired) electrons. The van der Waals surface area contributed by atoms with Crippen molar-refractivity contribution in [1.29, 1.82) is 0 Å². The second-order valence-corrected chi connectivity index (χ2v) is 10.1. The molecule has 8 nitrogen and oxygen atoms in total. The first-order valence-corrected chi connectivity index (χ1v) is 11.9. The molecule has 2 aromatic rings. The van der Waals surface area contributed by atoms with Crippen molar-refractivity contribution in [1.82, 2.24) is 15.5 Å². The van der Waals surface area contributed by atoms with E-state index in [2.05, 4.69) is 40.9 Å². The van der Waals surface area contributed by atoms with E-state index in [1.165, 1.54) is 12.7 Å². The lowest BCUT2D eigenvalue weighted by molar-refractivity contribution is 0.0955. The quantitative estimate of drug-likeness (QED) is 0.434. The van der Waals surface area contributed by atoms with Gasteiger partial charge in [-0.3, -0.25) is 4.79 Å². The molecule has 3 rings (SSSR count). The van der Waals surface area contributed by atoms with Crippen molar-refractivity contribution in [3.63, 3.8) is 0 Å². The monoisotopic (exact) mass is 479 g/mol. The number of oxime groups is 1. The number of urea groups is 1. The van der Waals surface area contributed by atoms with Gasteiger partial charge in [0, 0.05) is 30.2 Å². The normalized spacial score (nSPS) is 14.7. The molecule has 2 aromatic carbocycles. The summed E-state index contributed by atoms with van der Waals surface area (Å²) in [6.45, 7) is 10.8. The fraction of sp³-hybridized carbons (Fsp3) is 0.444. The Morgan fingerprint density at radius 3 is 2.57 bits per heavy atom. The predicted molar refractivity (Wildman–Crippen MR) is 139 cm³/mol. The van der Waals surface area contributed by atoms with E-state index < -0.39 is 0 Å². The Morgan fingerprint density at radius 2 is 1.94 bits per heavy atom. The van der Waals surface area contributed by atoms with Gasteiger partial charge in [-0.15, -0.1) is 0 Å². The van der Waals surface area contributed by atoms with Gasteiger partial charge in [0.2, 0.25) is 0 Å². The van der Waals surface area contributed by atoms with E-state index >= 15 is 0 Å². The number of benzene rings is 2. The minimum atomic E-state index is -0.357. The zero-order chi connectivity index (χ0) is 25.8. The van der Waals surface area contributed by atoms with Gasteiger partial charge in [0.1, 0.15) is 7.11 Å². The number of nitrogens with two attached hydrogens (primary N) is 1. The van der Waals surface area contributed by atoms with Crippen molar-refractivity contribution in [2.45, 2.75) is 59.2 Å². The summed E-state index contributed by atoms with van der Waals surface area (Å²) in [5.74, 6) is -0.237. The first kappa shape index (κ1) is 26.2. The number of carbonyl (C=O) groups excluding carboxylic acids is 2. The molecular formula is C27H37N5O3. The molecule has 0 spiro atoms. The molecule has 1 aliphatic rings. The van der Waals surface area contributed by atoms with Crippen LogP contribution < -0.4 is 16.4 Å². The van der Waals surface area contributed by atoms with Crippen LogP contribution in [0.5, 0.6) is 0 Å². The highest BCUT2D eigenvalue weighted by Crippen LogP contribution is 2.33. The van der Waals surface area contributed by atoms with Crippen molar-refractivity contribution in [2.75, 3.05) is 20.2 Å². The summed E-state index contributed by atoms with van der Waals surface area (Å²) in [6.07, 6.45) is 0.660. The Bertz CT molecular complexity index is 1120. The number of hydrogen-bond acceptors (Lipinski definition) is 5. The van der Waals surface area contributed by atoms with Crippen LogP contribution in [0, 0.1) is 6.92 Å². The van der Waals surface area contributed by atoms with Crippen LogP contribution in [0.25, 0.3) is 11.1 Å². The third-order valence-corrected chi connectivity index (χ3v) is 5.92. The van der Waals surface area contributed by atoms with E-state index in [1.807, 2.05) is 39.0 Å². The lowest BCUT2D eigenvalue weighted by Crippen LogP contribution is -2.50. The SMILES string of the molecule is CO/N=C(/CNC(=O)c1ccc(-c2cccc(C)c2)c2c1CN(C(=O)NC(C)(C)C)CC2)C(C)N. The molecule has 0 bridgehead atoms. The molecule has 1 atom stereocenters. The second kappa shape index (κ2) is 10.9. The highest BCUT2D eigenvalue weighted by atomic mass is 16.6. The van der Waals surface area contributed by atoms with Gasteiger partial charge in [-0.2, -0.15) is 0 Å². The number of fused-ring (bicyclic) bond motifs is 1. The molecule has 0 saturated heterocycles. The van der Waals surface area contributed by atoms with E-state index in [0.717, 1.165) is 22.3 Å². The third kappa shape index (κ3) is 6.60. The van der Waals surface area contributed by atoms with Crippen LogP contribution in [0.3, 0.4) is 0 Å². The molecule has 1 heterocycles. The van der Waals surface area contributed by atoms with Gasteiger partial charge in [0.25, 0.3) is 5.91 Å². The Balaban J connectivity index is 1.98. The van der Waals surface area contributed by atoms with Crippen molar-refractivity contribution >= 4 is 17.6 Å². The molecule has 35 heavy (non-hydrogen) atoms. The van der Waals surface area contributed by atoms with E-state index in [9.17, 15) is 9.59 Å². The maximum absolute atomic E-state index is 13.3. The minimum absolute atomic E-state index is 0.137. The molecule has 0 fully saturated rings. The number of hydrogen-bond donors (Lipinski definition) is 3. The van der Waals surface area contributed by atoms with E-state index in [-0.39, 0.29) is 30.1 Å². The fourth-order valence-electron chi connectivity index (χ4n) is 4.20. The summed E-state index contributed by atoms with van der Waals surface area (Å²) in [7, 11) is 1.45. The summed E-state index contributed by atoms with van der Waals surface area (Å²) in [6, 6.07) is 11.7. The molecule has 188 valence electrons. The largest absolute Gasteiger partial charge is 0.399 e. The van der Waals surface area contributed by atoms with Crippen LogP contribution in [0.1, 0.15) is 54.7 Å². The minimum Gasteiger partial charge on any atom is -0.399 e. The number of nitrogens with zero attached hydrogens (tertiary/aromatic N) is 2. The highest BCUT2D eigenvalue weighted by Gasteiger charge is 2.29. The van der Waals surface area contributed by atoms with Crippen LogP contribution in [0.4, 0.5) is 4.79 Å². The Kier molecular flexibility index (Phi) is 8.17. The maximum Gasteiger partial charge on any atom is 0.318 e. The molecule has 8 heteroatoms. The van der Waals surface area contributed by atoms with Crippen LogP contribution in [-0.2, 0) is 17.8 Å². The smallest absolute Gasteiger partial charge is 0.318 e.